The summed E-state index contributed by atoms with van der Waals surface area (Å²) in [6, 6.07) is 0. The molecule has 4 heteroatoms. The zero-order valence-corrected chi connectivity index (χ0v) is 11.4. The zero-order chi connectivity index (χ0) is 12.6. The number of rotatable bonds is 8. The first-order valence-electron chi connectivity index (χ1n) is 6.79. The van der Waals surface area contributed by atoms with E-state index in [1.165, 1.54) is 6.42 Å². The number of hydrogen-bond acceptors (Lipinski definition) is 4. The standard InChI is InChI=1S/C13H26O4/c1-4-15-13(16-5-2,17-6-3)11-12-9-7-8-10-14-12/h12H,4-11H2,1-3H3. The van der Waals surface area contributed by atoms with E-state index < -0.39 is 5.97 Å². The van der Waals surface area contributed by atoms with Crippen LogP contribution in [0, 0.1) is 0 Å². The molecule has 1 heterocycles. The minimum atomic E-state index is -0.916. The highest BCUT2D eigenvalue weighted by Gasteiger charge is 2.36. The van der Waals surface area contributed by atoms with Gasteiger partial charge in [0, 0.05) is 26.4 Å². The third kappa shape index (κ3) is 4.92. The van der Waals surface area contributed by atoms with Crippen molar-refractivity contribution in [2.75, 3.05) is 26.4 Å². The minimum Gasteiger partial charge on any atom is -0.378 e. The van der Waals surface area contributed by atoms with Gasteiger partial charge in [-0.25, -0.2) is 0 Å². The molecule has 1 unspecified atom stereocenters. The highest BCUT2D eigenvalue weighted by atomic mass is 16.9. The fourth-order valence-electron chi connectivity index (χ4n) is 2.21. The van der Waals surface area contributed by atoms with Crippen LogP contribution in [0.1, 0.15) is 46.5 Å². The van der Waals surface area contributed by atoms with Gasteiger partial charge in [0.1, 0.15) is 0 Å². The summed E-state index contributed by atoms with van der Waals surface area (Å²) in [7, 11) is 0. The van der Waals surface area contributed by atoms with Gasteiger partial charge < -0.3 is 18.9 Å². The van der Waals surface area contributed by atoms with Gasteiger partial charge in [-0.1, -0.05) is 0 Å². The maximum Gasteiger partial charge on any atom is 0.285 e. The fourth-order valence-corrected chi connectivity index (χ4v) is 2.21. The largest absolute Gasteiger partial charge is 0.378 e. The van der Waals surface area contributed by atoms with Crippen molar-refractivity contribution in [1.29, 1.82) is 0 Å². The second-order valence-electron chi connectivity index (χ2n) is 4.17. The van der Waals surface area contributed by atoms with Crippen LogP contribution in [-0.2, 0) is 18.9 Å². The Kier molecular flexibility index (Phi) is 7.04. The molecule has 0 aromatic heterocycles. The van der Waals surface area contributed by atoms with Gasteiger partial charge in [0.2, 0.25) is 0 Å². The van der Waals surface area contributed by atoms with E-state index in [0.29, 0.717) is 26.2 Å². The SMILES string of the molecule is CCOC(CC1CCCCO1)(OCC)OCC. The lowest BCUT2D eigenvalue weighted by Gasteiger charge is -2.36. The molecular formula is C13H26O4. The molecule has 0 amide bonds. The summed E-state index contributed by atoms with van der Waals surface area (Å²) in [5, 5.41) is 0. The average molecular weight is 246 g/mol. The van der Waals surface area contributed by atoms with Crippen molar-refractivity contribution in [2.24, 2.45) is 0 Å². The first-order valence-corrected chi connectivity index (χ1v) is 6.79. The van der Waals surface area contributed by atoms with Crippen LogP contribution in [0.25, 0.3) is 0 Å². The van der Waals surface area contributed by atoms with Gasteiger partial charge >= 0.3 is 0 Å². The Morgan fingerprint density at radius 1 is 1.00 bits per heavy atom. The molecule has 0 bridgehead atoms. The molecule has 0 saturated carbocycles. The zero-order valence-electron chi connectivity index (χ0n) is 11.4. The molecule has 0 aromatic carbocycles. The molecule has 1 aliphatic rings. The lowest BCUT2D eigenvalue weighted by molar-refractivity contribution is -0.386. The molecule has 0 aromatic rings. The van der Waals surface area contributed by atoms with E-state index in [2.05, 4.69) is 0 Å². The van der Waals surface area contributed by atoms with Crippen LogP contribution in [0.2, 0.25) is 0 Å². The van der Waals surface area contributed by atoms with E-state index in [4.69, 9.17) is 18.9 Å². The van der Waals surface area contributed by atoms with Gasteiger partial charge in [0.25, 0.3) is 5.97 Å². The van der Waals surface area contributed by atoms with E-state index in [1.54, 1.807) is 0 Å². The first-order chi connectivity index (χ1) is 8.26. The van der Waals surface area contributed by atoms with Crippen molar-refractivity contribution >= 4 is 0 Å². The Morgan fingerprint density at radius 2 is 1.59 bits per heavy atom. The lowest BCUT2D eigenvalue weighted by atomic mass is 10.1. The van der Waals surface area contributed by atoms with Crippen LogP contribution in [0.3, 0.4) is 0 Å². The Labute approximate surface area is 105 Å². The molecule has 0 spiro atoms. The van der Waals surface area contributed by atoms with Crippen LogP contribution in [-0.4, -0.2) is 38.5 Å². The van der Waals surface area contributed by atoms with E-state index >= 15 is 0 Å². The predicted octanol–water partition coefficient (Wildman–Crippen LogP) is 2.71. The van der Waals surface area contributed by atoms with Crippen LogP contribution >= 0.6 is 0 Å². The monoisotopic (exact) mass is 246 g/mol. The lowest BCUT2D eigenvalue weighted by Crippen LogP contribution is -2.43. The predicted molar refractivity (Wildman–Crippen MR) is 65.8 cm³/mol. The topological polar surface area (TPSA) is 36.9 Å². The van der Waals surface area contributed by atoms with Crippen molar-refractivity contribution in [3.8, 4) is 0 Å². The second kappa shape index (κ2) is 8.03. The summed E-state index contributed by atoms with van der Waals surface area (Å²) in [4.78, 5) is 0. The van der Waals surface area contributed by atoms with Crippen LogP contribution in [0.4, 0.5) is 0 Å². The molecule has 1 atom stereocenters. The molecule has 0 aliphatic carbocycles. The minimum absolute atomic E-state index is 0.188. The quantitative estimate of drug-likeness (QED) is 0.617. The van der Waals surface area contributed by atoms with Gasteiger partial charge in [0.15, 0.2) is 0 Å². The summed E-state index contributed by atoms with van der Waals surface area (Å²) in [5.74, 6) is -0.916. The van der Waals surface area contributed by atoms with Crippen molar-refractivity contribution < 1.29 is 18.9 Å². The smallest absolute Gasteiger partial charge is 0.285 e. The molecule has 1 rings (SSSR count). The molecular weight excluding hydrogens is 220 g/mol. The molecule has 1 aliphatic heterocycles. The Morgan fingerprint density at radius 3 is 2.00 bits per heavy atom. The third-order valence-corrected chi connectivity index (χ3v) is 2.84. The Hall–Kier alpha value is -0.160. The third-order valence-electron chi connectivity index (χ3n) is 2.84. The highest BCUT2D eigenvalue weighted by Crippen LogP contribution is 2.27. The van der Waals surface area contributed by atoms with Crippen LogP contribution < -0.4 is 0 Å². The van der Waals surface area contributed by atoms with E-state index in [-0.39, 0.29) is 6.10 Å². The summed E-state index contributed by atoms with van der Waals surface area (Å²) >= 11 is 0. The first kappa shape index (κ1) is 14.9. The normalized spacial score (nSPS) is 21.7. The summed E-state index contributed by atoms with van der Waals surface area (Å²) in [6.07, 6.45) is 4.28. The maximum absolute atomic E-state index is 5.73. The molecule has 17 heavy (non-hydrogen) atoms. The van der Waals surface area contributed by atoms with Gasteiger partial charge in [-0.05, 0) is 40.0 Å². The van der Waals surface area contributed by atoms with Gasteiger partial charge in [-0.15, -0.1) is 0 Å². The number of ether oxygens (including phenoxy) is 4. The van der Waals surface area contributed by atoms with E-state index in [1.807, 2.05) is 20.8 Å². The fraction of sp³-hybridized carbons (Fsp3) is 1.00. The van der Waals surface area contributed by atoms with Gasteiger partial charge in [-0.2, -0.15) is 0 Å². The molecule has 102 valence electrons. The van der Waals surface area contributed by atoms with E-state index in [9.17, 15) is 0 Å². The maximum atomic E-state index is 5.73. The van der Waals surface area contributed by atoms with Gasteiger partial charge in [-0.3, -0.25) is 0 Å². The van der Waals surface area contributed by atoms with Gasteiger partial charge in [0.05, 0.1) is 12.5 Å². The average Bonchev–Trinajstić information content (AvgIpc) is 2.31. The summed E-state index contributed by atoms with van der Waals surface area (Å²) < 4.78 is 22.8. The second-order valence-corrected chi connectivity index (χ2v) is 4.17. The molecule has 1 saturated heterocycles. The van der Waals surface area contributed by atoms with Crippen LogP contribution in [0.15, 0.2) is 0 Å². The van der Waals surface area contributed by atoms with Crippen LogP contribution in [0.5, 0.6) is 0 Å². The highest BCUT2D eigenvalue weighted by molar-refractivity contribution is 4.70. The van der Waals surface area contributed by atoms with Crippen molar-refractivity contribution in [1.82, 2.24) is 0 Å². The number of hydrogen-bond donors (Lipinski definition) is 0. The molecule has 1 fully saturated rings. The van der Waals surface area contributed by atoms with Crippen molar-refractivity contribution in [3.63, 3.8) is 0 Å². The molecule has 0 N–H and O–H groups in total. The summed E-state index contributed by atoms with van der Waals surface area (Å²) in [5.41, 5.74) is 0. The molecule has 4 nitrogen and oxygen atoms in total. The van der Waals surface area contributed by atoms with Crippen molar-refractivity contribution in [3.05, 3.63) is 0 Å². The summed E-state index contributed by atoms with van der Waals surface area (Å²) in [6.45, 7) is 8.43. The Bertz CT molecular complexity index is 173. The van der Waals surface area contributed by atoms with Crippen molar-refractivity contribution in [2.45, 2.75) is 58.5 Å². The molecule has 0 radical (unpaired) electrons. The Balaban J connectivity index is 2.57. The van der Waals surface area contributed by atoms with E-state index in [0.717, 1.165) is 19.4 Å².